The van der Waals surface area contributed by atoms with E-state index in [-0.39, 0.29) is 11.3 Å². The summed E-state index contributed by atoms with van der Waals surface area (Å²) in [6.07, 6.45) is 1.68. The molecule has 0 bridgehead atoms. The lowest BCUT2D eigenvalue weighted by atomic mass is 10.2. The van der Waals surface area contributed by atoms with E-state index in [9.17, 15) is 0 Å². The van der Waals surface area contributed by atoms with Crippen LogP contribution in [0, 0.1) is 6.92 Å². The molecule has 9 nitrogen and oxygen atoms in total. The van der Waals surface area contributed by atoms with E-state index in [0.717, 1.165) is 15.7 Å². The minimum Gasteiger partial charge on any atom is -0.300 e. The molecule has 2 aromatic heterocycles. The van der Waals surface area contributed by atoms with E-state index in [0.29, 0.717) is 11.6 Å². The number of hydrazine groups is 1. The van der Waals surface area contributed by atoms with Crippen molar-refractivity contribution in [1.82, 2.24) is 20.3 Å². The number of nitrogens with zero attached hydrogens (tertiary/aromatic N) is 5. The van der Waals surface area contributed by atoms with Crippen LogP contribution in [-0.4, -0.2) is 26.5 Å². The fourth-order valence-corrected chi connectivity index (χ4v) is 2.55. The summed E-state index contributed by atoms with van der Waals surface area (Å²) in [5.41, 5.74) is 12.5. The molecule has 4 rings (SSSR count). The molecular weight excluding hydrogens is 424 g/mol. The topological polar surface area (TPSA) is 113 Å². The van der Waals surface area contributed by atoms with Crippen LogP contribution in [0.2, 0.25) is 0 Å². The van der Waals surface area contributed by atoms with Crippen molar-refractivity contribution < 1.29 is 4.63 Å². The third-order valence-corrected chi connectivity index (χ3v) is 4.27. The van der Waals surface area contributed by atoms with Crippen molar-refractivity contribution >= 4 is 50.8 Å². The summed E-state index contributed by atoms with van der Waals surface area (Å²) < 4.78 is 5.69. The Morgan fingerprint density at radius 1 is 0.893 bits per heavy atom. The number of benzene rings is 2. The highest BCUT2D eigenvalue weighted by atomic mass is 79.9. The van der Waals surface area contributed by atoms with Crippen LogP contribution in [0.5, 0.6) is 0 Å². The minimum absolute atomic E-state index is 0.280. The predicted molar refractivity (Wildman–Crippen MR) is 111 cm³/mol. The molecule has 0 unspecified atom stereocenters. The Morgan fingerprint density at radius 3 is 2.29 bits per heavy atom. The van der Waals surface area contributed by atoms with Crippen molar-refractivity contribution in [2.75, 3.05) is 16.3 Å². The maximum Gasteiger partial charge on any atom is 0.245 e. The van der Waals surface area contributed by atoms with Crippen molar-refractivity contribution in [3.8, 4) is 0 Å². The summed E-state index contributed by atoms with van der Waals surface area (Å²) >= 11 is 3.40. The van der Waals surface area contributed by atoms with Gasteiger partial charge in [-0.15, -0.1) is 0 Å². The molecule has 2 aromatic carbocycles. The molecule has 140 valence electrons. The molecular formula is C18H15BrN8O. The van der Waals surface area contributed by atoms with E-state index in [2.05, 4.69) is 57.6 Å². The molecule has 4 aromatic rings. The van der Waals surface area contributed by atoms with E-state index in [1.807, 2.05) is 55.5 Å². The average molecular weight is 439 g/mol. The SMILES string of the molecule is Cc1ccc(NNc2nc3nonc3nc2N/N=C/c2ccc(Br)cc2)cc1. The molecule has 10 heteroatoms. The number of hydrogen-bond donors (Lipinski definition) is 3. The van der Waals surface area contributed by atoms with E-state index < -0.39 is 0 Å². The quantitative estimate of drug-likeness (QED) is 0.306. The zero-order valence-corrected chi connectivity index (χ0v) is 16.3. The molecule has 3 N–H and O–H groups in total. The molecule has 0 aliphatic heterocycles. The van der Waals surface area contributed by atoms with E-state index in [4.69, 9.17) is 4.63 Å². The first kappa shape index (κ1) is 17.9. The number of nitrogens with one attached hydrogen (secondary N) is 3. The van der Waals surface area contributed by atoms with Gasteiger partial charge in [0, 0.05) is 4.47 Å². The fraction of sp³-hybridized carbons (Fsp3) is 0.0556. The van der Waals surface area contributed by atoms with Gasteiger partial charge in [-0.05, 0) is 47.1 Å². The highest BCUT2D eigenvalue weighted by Gasteiger charge is 2.12. The van der Waals surface area contributed by atoms with Gasteiger partial charge in [0.1, 0.15) is 0 Å². The Labute approximate surface area is 168 Å². The first-order chi connectivity index (χ1) is 13.7. The van der Waals surface area contributed by atoms with Crippen molar-refractivity contribution in [2.24, 2.45) is 5.10 Å². The number of anilines is 3. The molecule has 0 fully saturated rings. The normalized spacial score (nSPS) is 11.1. The Kier molecular flexibility index (Phi) is 5.11. The fourth-order valence-electron chi connectivity index (χ4n) is 2.29. The van der Waals surface area contributed by atoms with Gasteiger partial charge in [-0.25, -0.2) is 4.63 Å². The van der Waals surface area contributed by atoms with Gasteiger partial charge in [0.15, 0.2) is 11.6 Å². The highest BCUT2D eigenvalue weighted by molar-refractivity contribution is 9.10. The first-order valence-corrected chi connectivity index (χ1v) is 9.10. The van der Waals surface area contributed by atoms with Crippen LogP contribution < -0.4 is 16.3 Å². The van der Waals surface area contributed by atoms with Gasteiger partial charge in [-0.2, -0.15) is 15.1 Å². The first-order valence-electron chi connectivity index (χ1n) is 8.31. The molecule has 0 saturated carbocycles. The number of halogens is 1. The van der Waals surface area contributed by atoms with Crippen LogP contribution in [0.1, 0.15) is 11.1 Å². The Morgan fingerprint density at radius 2 is 1.57 bits per heavy atom. The lowest BCUT2D eigenvalue weighted by Crippen LogP contribution is -2.13. The highest BCUT2D eigenvalue weighted by Crippen LogP contribution is 2.20. The number of fused-ring (bicyclic) bond motifs is 1. The third-order valence-electron chi connectivity index (χ3n) is 3.75. The van der Waals surface area contributed by atoms with Crippen LogP contribution in [0.4, 0.5) is 17.3 Å². The maximum absolute atomic E-state index is 4.69. The summed E-state index contributed by atoms with van der Waals surface area (Å²) in [7, 11) is 0. The second-order valence-corrected chi connectivity index (χ2v) is 6.79. The van der Waals surface area contributed by atoms with Crippen LogP contribution in [0.3, 0.4) is 0 Å². The van der Waals surface area contributed by atoms with Crippen molar-refractivity contribution in [1.29, 1.82) is 0 Å². The van der Waals surface area contributed by atoms with Crippen LogP contribution in [0.25, 0.3) is 11.3 Å². The molecule has 0 radical (unpaired) electrons. The molecule has 28 heavy (non-hydrogen) atoms. The van der Waals surface area contributed by atoms with E-state index >= 15 is 0 Å². The molecule has 0 aliphatic rings. The largest absolute Gasteiger partial charge is 0.300 e. The number of aromatic nitrogens is 4. The second kappa shape index (κ2) is 8.01. The summed E-state index contributed by atoms with van der Waals surface area (Å²) in [5.74, 6) is 0.771. The lowest BCUT2D eigenvalue weighted by molar-refractivity contribution is 0.314. The van der Waals surface area contributed by atoms with E-state index in [1.54, 1.807) is 6.21 Å². The molecule has 0 amide bonds. The van der Waals surface area contributed by atoms with Crippen LogP contribution in [0.15, 0.2) is 62.7 Å². The van der Waals surface area contributed by atoms with Gasteiger partial charge in [-0.3, -0.25) is 16.3 Å². The van der Waals surface area contributed by atoms with Gasteiger partial charge >= 0.3 is 0 Å². The van der Waals surface area contributed by atoms with Crippen molar-refractivity contribution in [3.05, 3.63) is 64.1 Å². The smallest absolute Gasteiger partial charge is 0.245 e. The summed E-state index contributed by atoms with van der Waals surface area (Å²) in [4.78, 5) is 8.70. The number of hydrazone groups is 1. The average Bonchev–Trinajstić information content (AvgIpc) is 3.16. The monoisotopic (exact) mass is 438 g/mol. The third kappa shape index (κ3) is 4.23. The molecule has 0 aliphatic carbocycles. The van der Waals surface area contributed by atoms with Crippen LogP contribution >= 0.6 is 15.9 Å². The van der Waals surface area contributed by atoms with Gasteiger partial charge in [0.2, 0.25) is 11.3 Å². The zero-order chi connectivity index (χ0) is 19.3. The molecule has 0 atom stereocenters. The van der Waals surface area contributed by atoms with Crippen molar-refractivity contribution in [3.63, 3.8) is 0 Å². The lowest BCUT2D eigenvalue weighted by Gasteiger charge is -2.11. The summed E-state index contributed by atoms with van der Waals surface area (Å²) in [6, 6.07) is 15.6. The Hall–Kier alpha value is -3.53. The van der Waals surface area contributed by atoms with Gasteiger partial charge < -0.3 is 0 Å². The van der Waals surface area contributed by atoms with E-state index in [1.165, 1.54) is 5.56 Å². The van der Waals surface area contributed by atoms with Gasteiger partial charge in [0.05, 0.1) is 11.9 Å². The molecule has 2 heterocycles. The molecule has 0 saturated heterocycles. The van der Waals surface area contributed by atoms with Crippen molar-refractivity contribution in [2.45, 2.75) is 6.92 Å². The van der Waals surface area contributed by atoms with Gasteiger partial charge in [0.25, 0.3) is 0 Å². The Bertz CT molecular complexity index is 1110. The zero-order valence-electron chi connectivity index (χ0n) is 14.7. The van der Waals surface area contributed by atoms with Crippen LogP contribution in [-0.2, 0) is 0 Å². The number of aryl methyl sites for hydroxylation is 1. The second-order valence-electron chi connectivity index (χ2n) is 5.87. The predicted octanol–water partition coefficient (Wildman–Crippen LogP) is 3.97. The maximum atomic E-state index is 4.69. The standard InChI is InChI=1S/C18H15BrN8O/c1-11-2-8-14(9-3-11)23-25-16-15(21-17-18(22-16)27-28-26-17)24-20-10-12-4-6-13(19)7-5-12/h2-10,23H,1H3,(H,21,24,26)(H,22,25,27)/b20-10+. The van der Waals surface area contributed by atoms with Gasteiger partial charge in [-0.1, -0.05) is 45.8 Å². The minimum atomic E-state index is 0.280. The summed E-state index contributed by atoms with van der Waals surface area (Å²) in [5, 5.41) is 11.7. The summed E-state index contributed by atoms with van der Waals surface area (Å²) in [6.45, 7) is 2.03. The number of hydrogen-bond acceptors (Lipinski definition) is 9. The molecule has 0 spiro atoms. The Balaban J connectivity index is 1.54. The number of rotatable bonds is 6.